The molecule has 0 aliphatic heterocycles. The molecule has 3 N–H and O–H groups in total. The van der Waals surface area contributed by atoms with E-state index in [2.05, 4.69) is 5.32 Å². The Kier molecular flexibility index (Phi) is 5.36. The molecule has 0 radical (unpaired) electrons. The summed E-state index contributed by atoms with van der Waals surface area (Å²) in [5, 5.41) is 12.7. The minimum absolute atomic E-state index is 0.152. The van der Waals surface area contributed by atoms with Gasteiger partial charge in [-0.05, 0) is 13.3 Å². The average Bonchev–Trinajstić information content (AvgIpc) is 2.31. The lowest BCUT2D eigenvalue weighted by Gasteiger charge is -2.14. The van der Waals surface area contributed by atoms with Gasteiger partial charge < -0.3 is 15.7 Å². The van der Waals surface area contributed by atoms with Gasteiger partial charge in [0.2, 0.25) is 0 Å². The number of carbonyl (C=O) groups excluding carboxylic acids is 1. The van der Waals surface area contributed by atoms with Crippen LogP contribution in [0, 0.1) is 17.5 Å². The molecule has 0 fully saturated rings. The molecule has 0 heterocycles. The predicted molar refractivity (Wildman–Crippen MR) is 64.8 cm³/mol. The van der Waals surface area contributed by atoms with Crippen molar-refractivity contribution in [3.63, 3.8) is 0 Å². The van der Waals surface area contributed by atoms with Gasteiger partial charge in [0.25, 0.3) is 0 Å². The summed E-state index contributed by atoms with van der Waals surface area (Å²) in [7, 11) is 0. The predicted octanol–water partition coefficient (Wildman–Crippen LogP) is 2.48. The molecule has 8 heteroatoms. The van der Waals surface area contributed by atoms with Crippen molar-refractivity contribution in [1.82, 2.24) is 5.32 Å². The van der Waals surface area contributed by atoms with Crippen LogP contribution in [0.3, 0.4) is 0 Å². The van der Waals surface area contributed by atoms with E-state index in [-0.39, 0.29) is 12.8 Å². The first-order valence-electron chi connectivity index (χ1n) is 5.73. The van der Waals surface area contributed by atoms with Crippen molar-refractivity contribution in [3.05, 3.63) is 29.6 Å². The highest BCUT2D eigenvalue weighted by Gasteiger charge is 2.15. The molecule has 5 nitrogen and oxygen atoms in total. The molecule has 0 saturated heterocycles. The molecule has 0 aliphatic rings. The quantitative estimate of drug-likeness (QED) is 0.779. The molecule has 0 aromatic heterocycles. The number of halogens is 3. The number of amides is 2. The van der Waals surface area contributed by atoms with Crippen molar-refractivity contribution in [3.8, 4) is 0 Å². The third-order valence-corrected chi connectivity index (χ3v) is 2.41. The van der Waals surface area contributed by atoms with Gasteiger partial charge in [-0.25, -0.2) is 18.0 Å². The van der Waals surface area contributed by atoms with Crippen molar-refractivity contribution in [2.24, 2.45) is 0 Å². The van der Waals surface area contributed by atoms with Gasteiger partial charge in [-0.1, -0.05) is 0 Å². The number of carboxylic acid groups (broad SMARTS) is 1. The second-order valence-corrected chi connectivity index (χ2v) is 4.18. The first-order valence-corrected chi connectivity index (χ1v) is 5.73. The van der Waals surface area contributed by atoms with Gasteiger partial charge in [0.15, 0.2) is 11.6 Å². The molecule has 0 saturated carbocycles. The third kappa shape index (κ3) is 4.79. The number of rotatable bonds is 5. The van der Waals surface area contributed by atoms with E-state index >= 15 is 0 Å². The van der Waals surface area contributed by atoms with E-state index in [9.17, 15) is 22.8 Å². The summed E-state index contributed by atoms with van der Waals surface area (Å²) in [6, 6.07) is -0.538. The van der Waals surface area contributed by atoms with E-state index < -0.39 is 41.2 Å². The van der Waals surface area contributed by atoms with Crippen LogP contribution in [0.25, 0.3) is 0 Å². The summed E-state index contributed by atoms with van der Waals surface area (Å²) in [6.07, 6.45) is 0.0118. The molecule has 110 valence electrons. The molecule has 1 aromatic carbocycles. The van der Waals surface area contributed by atoms with Gasteiger partial charge in [-0.3, -0.25) is 4.79 Å². The second kappa shape index (κ2) is 6.78. The third-order valence-electron chi connectivity index (χ3n) is 2.41. The smallest absolute Gasteiger partial charge is 0.319 e. The molecule has 2 amide bonds. The maximum absolute atomic E-state index is 13.3. The Morgan fingerprint density at radius 2 is 1.80 bits per heavy atom. The Balaban J connectivity index is 2.61. The van der Waals surface area contributed by atoms with Crippen molar-refractivity contribution >= 4 is 17.7 Å². The topological polar surface area (TPSA) is 78.4 Å². The Hall–Kier alpha value is -2.25. The van der Waals surface area contributed by atoms with Crippen LogP contribution in [0.1, 0.15) is 19.8 Å². The Bertz CT molecular complexity index is 500. The molecule has 0 spiro atoms. The normalized spacial score (nSPS) is 11.8. The van der Waals surface area contributed by atoms with Gasteiger partial charge in [0, 0.05) is 24.6 Å². The first kappa shape index (κ1) is 15.8. The van der Waals surface area contributed by atoms with Gasteiger partial charge in [-0.2, -0.15) is 0 Å². The molecule has 1 unspecified atom stereocenters. The fourth-order valence-electron chi connectivity index (χ4n) is 1.45. The van der Waals surface area contributed by atoms with Crippen LogP contribution in [-0.2, 0) is 4.79 Å². The molecular weight excluding hydrogens is 277 g/mol. The number of hydrogen-bond acceptors (Lipinski definition) is 2. The van der Waals surface area contributed by atoms with E-state index in [0.29, 0.717) is 12.1 Å². The number of anilines is 1. The number of benzene rings is 1. The summed E-state index contributed by atoms with van der Waals surface area (Å²) >= 11 is 0. The minimum Gasteiger partial charge on any atom is -0.481 e. The molecular formula is C12H13F3N2O3. The maximum Gasteiger partial charge on any atom is 0.319 e. The van der Waals surface area contributed by atoms with Crippen LogP contribution in [0.2, 0.25) is 0 Å². The van der Waals surface area contributed by atoms with Crippen LogP contribution in [-0.4, -0.2) is 23.1 Å². The zero-order valence-electron chi connectivity index (χ0n) is 10.5. The van der Waals surface area contributed by atoms with Crippen molar-refractivity contribution in [2.75, 3.05) is 5.32 Å². The highest BCUT2D eigenvalue weighted by molar-refractivity contribution is 5.89. The van der Waals surface area contributed by atoms with Crippen molar-refractivity contribution < 1.29 is 27.9 Å². The van der Waals surface area contributed by atoms with Crippen LogP contribution >= 0.6 is 0 Å². The second-order valence-electron chi connectivity index (χ2n) is 4.18. The number of nitrogens with one attached hydrogen (secondary N) is 2. The fraction of sp³-hybridized carbons (Fsp3) is 0.333. The lowest BCUT2D eigenvalue weighted by Crippen LogP contribution is -2.36. The van der Waals surface area contributed by atoms with Crippen LogP contribution in [0.5, 0.6) is 0 Å². The van der Waals surface area contributed by atoms with Crippen LogP contribution < -0.4 is 10.6 Å². The van der Waals surface area contributed by atoms with E-state index in [4.69, 9.17) is 5.11 Å². The van der Waals surface area contributed by atoms with Crippen LogP contribution in [0.4, 0.5) is 23.7 Å². The fourth-order valence-corrected chi connectivity index (χ4v) is 1.45. The summed E-state index contributed by atoms with van der Waals surface area (Å²) in [5.74, 6) is -4.60. The van der Waals surface area contributed by atoms with E-state index in [0.717, 1.165) is 0 Å². The number of carbonyl (C=O) groups is 2. The van der Waals surface area contributed by atoms with Crippen LogP contribution in [0.15, 0.2) is 12.1 Å². The zero-order chi connectivity index (χ0) is 15.3. The Labute approximate surface area is 112 Å². The zero-order valence-corrected chi connectivity index (χ0v) is 10.5. The van der Waals surface area contributed by atoms with Gasteiger partial charge in [0.1, 0.15) is 11.5 Å². The maximum atomic E-state index is 13.3. The standard InChI is InChI=1S/C12H13F3N2O3/c1-6(2-3-10(18)19)16-12(20)17-11-8(14)4-7(13)5-9(11)15/h4-6H,2-3H2,1H3,(H,18,19)(H2,16,17,20). The molecule has 1 aromatic rings. The van der Waals surface area contributed by atoms with Gasteiger partial charge in [0.05, 0.1) is 0 Å². The molecule has 0 aliphatic carbocycles. The molecule has 1 rings (SSSR count). The lowest BCUT2D eigenvalue weighted by atomic mass is 10.2. The van der Waals surface area contributed by atoms with E-state index in [1.165, 1.54) is 0 Å². The molecule has 1 atom stereocenters. The summed E-state index contributed by atoms with van der Waals surface area (Å²) in [5.41, 5.74) is -0.769. The van der Waals surface area contributed by atoms with Gasteiger partial charge >= 0.3 is 12.0 Å². The first-order chi connectivity index (χ1) is 9.29. The van der Waals surface area contributed by atoms with Gasteiger partial charge in [-0.15, -0.1) is 0 Å². The summed E-state index contributed by atoms with van der Waals surface area (Å²) < 4.78 is 39.2. The molecule has 20 heavy (non-hydrogen) atoms. The largest absolute Gasteiger partial charge is 0.481 e. The Morgan fingerprint density at radius 3 is 2.30 bits per heavy atom. The summed E-state index contributed by atoms with van der Waals surface area (Å²) in [6.45, 7) is 1.54. The van der Waals surface area contributed by atoms with E-state index in [1.807, 2.05) is 5.32 Å². The highest BCUT2D eigenvalue weighted by atomic mass is 19.1. The number of hydrogen-bond donors (Lipinski definition) is 3. The average molecular weight is 290 g/mol. The van der Waals surface area contributed by atoms with Crippen molar-refractivity contribution in [2.45, 2.75) is 25.8 Å². The Morgan fingerprint density at radius 1 is 1.25 bits per heavy atom. The SMILES string of the molecule is CC(CCC(=O)O)NC(=O)Nc1c(F)cc(F)cc1F. The van der Waals surface area contributed by atoms with Crippen molar-refractivity contribution in [1.29, 1.82) is 0 Å². The minimum atomic E-state index is -1.24. The molecule has 0 bridgehead atoms. The highest BCUT2D eigenvalue weighted by Crippen LogP contribution is 2.19. The number of urea groups is 1. The number of carboxylic acids is 1. The monoisotopic (exact) mass is 290 g/mol. The number of aliphatic carboxylic acids is 1. The lowest BCUT2D eigenvalue weighted by molar-refractivity contribution is -0.137. The summed E-state index contributed by atoms with van der Waals surface area (Å²) in [4.78, 5) is 21.8. The van der Waals surface area contributed by atoms with E-state index in [1.54, 1.807) is 6.92 Å².